The van der Waals surface area contributed by atoms with E-state index in [0.717, 1.165) is 31.2 Å². The Hall–Kier alpha value is -1.55. The van der Waals surface area contributed by atoms with E-state index in [4.69, 9.17) is 10.8 Å². The number of carbonyl (C=O) groups is 1. The topological polar surface area (TPSA) is 83.6 Å². The molecule has 1 aromatic carbocycles. The predicted octanol–water partition coefficient (Wildman–Crippen LogP) is 4.66. The molecule has 0 aromatic heterocycles. The van der Waals surface area contributed by atoms with Crippen molar-refractivity contribution < 1.29 is 15.0 Å². The highest BCUT2D eigenvalue weighted by molar-refractivity contribution is 5.91. The van der Waals surface area contributed by atoms with Crippen LogP contribution in [0.1, 0.15) is 86.6 Å². The fourth-order valence-corrected chi connectivity index (χ4v) is 3.05. The number of rotatable bonds is 12. The molecule has 0 heterocycles. The van der Waals surface area contributed by atoms with E-state index in [1.165, 1.54) is 38.2 Å². The molecular weight excluding hydrogens is 290 g/mol. The lowest BCUT2D eigenvalue weighted by molar-refractivity contribution is 0.0693. The van der Waals surface area contributed by atoms with Crippen LogP contribution < -0.4 is 5.73 Å². The van der Waals surface area contributed by atoms with E-state index in [9.17, 15) is 9.90 Å². The van der Waals surface area contributed by atoms with Crippen LogP contribution in [0.15, 0.2) is 18.2 Å². The molecule has 0 spiro atoms. The first-order valence-electron chi connectivity index (χ1n) is 8.87. The molecule has 0 saturated carbocycles. The molecule has 1 atom stereocenters. The van der Waals surface area contributed by atoms with Crippen LogP contribution in [0, 0.1) is 0 Å². The Morgan fingerprint density at radius 2 is 1.74 bits per heavy atom. The number of aromatic carboxylic acids is 1. The molecule has 0 amide bonds. The molecule has 4 heteroatoms. The Morgan fingerprint density at radius 3 is 2.39 bits per heavy atom. The zero-order valence-corrected chi connectivity index (χ0v) is 14.3. The van der Waals surface area contributed by atoms with Crippen molar-refractivity contribution in [1.82, 2.24) is 0 Å². The normalized spacial score (nSPS) is 12.3. The number of para-hydroxylation sites is 1. The summed E-state index contributed by atoms with van der Waals surface area (Å²) in [6.45, 7) is 2.83. The van der Waals surface area contributed by atoms with Gasteiger partial charge in [-0.15, -0.1) is 0 Å². The standard InChI is InChI=1S/C19H31NO3/c1-2-3-4-5-6-7-10-15(11-9-14-20)16-12-8-13-17(18(16)21)19(22)23/h8,12-13,15,21H,2-7,9-11,14,20H2,1H3,(H,22,23). The zero-order valence-electron chi connectivity index (χ0n) is 14.3. The van der Waals surface area contributed by atoms with Gasteiger partial charge in [-0.2, -0.15) is 0 Å². The van der Waals surface area contributed by atoms with Gasteiger partial charge in [0, 0.05) is 0 Å². The molecule has 23 heavy (non-hydrogen) atoms. The van der Waals surface area contributed by atoms with E-state index >= 15 is 0 Å². The van der Waals surface area contributed by atoms with Crippen LogP contribution in [0.25, 0.3) is 0 Å². The van der Waals surface area contributed by atoms with Gasteiger partial charge in [0.1, 0.15) is 11.3 Å². The molecule has 0 aliphatic rings. The van der Waals surface area contributed by atoms with Gasteiger partial charge in [-0.1, -0.05) is 57.6 Å². The van der Waals surface area contributed by atoms with E-state index in [0.29, 0.717) is 6.54 Å². The van der Waals surface area contributed by atoms with E-state index in [1.54, 1.807) is 6.07 Å². The SMILES string of the molecule is CCCCCCCCC(CCCN)c1cccc(C(=O)O)c1O. The summed E-state index contributed by atoms with van der Waals surface area (Å²) in [4.78, 5) is 11.2. The molecular formula is C19H31NO3. The van der Waals surface area contributed by atoms with Gasteiger partial charge in [0.15, 0.2) is 0 Å². The molecule has 0 aliphatic carbocycles. The number of phenols is 1. The van der Waals surface area contributed by atoms with Crippen LogP contribution in [0.5, 0.6) is 5.75 Å². The Bertz CT molecular complexity index is 474. The quantitative estimate of drug-likeness (QED) is 0.489. The van der Waals surface area contributed by atoms with Crippen molar-refractivity contribution in [2.24, 2.45) is 5.73 Å². The molecule has 0 saturated heterocycles. The van der Waals surface area contributed by atoms with Gasteiger partial charge >= 0.3 is 5.97 Å². The predicted molar refractivity (Wildman–Crippen MR) is 94.1 cm³/mol. The summed E-state index contributed by atoms with van der Waals surface area (Å²) >= 11 is 0. The summed E-state index contributed by atoms with van der Waals surface area (Å²) < 4.78 is 0. The van der Waals surface area contributed by atoms with E-state index in [-0.39, 0.29) is 17.2 Å². The lowest BCUT2D eigenvalue weighted by Crippen LogP contribution is -2.07. The maximum absolute atomic E-state index is 11.2. The summed E-state index contributed by atoms with van der Waals surface area (Å²) in [5.74, 6) is -0.974. The van der Waals surface area contributed by atoms with Crippen molar-refractivity contribution in [2.75, 3.05) is 6.54 Å². The number of aromatic hydroxyl groups is 1. The highest BCUT2D eigenvalue weighted by Gasteiger charge is 2.19. The number of hydrogen-bond acceptors (Lipinski definition) is 3. The maximum atomic E-state index is 11.2. The van der Waals surface area contributed by atoms with Crippen molar-refractivity contribution in [3.63, 3.8) is 0 Å². The molecule has 130 valence electrons. The first-order chi connectivity index (χ1) is 11.1. The van der Waals surface area contributed by atoms with Gasteiger partial charge in [0.05, 0.1) is 0 Å². The molecule has 1 rings (SSSR count). The molecule has 0 aliphatic heterocycles. The van der Waals surface area contributed by atoms with Crippen LogP contribution >= 0.6 is 0 Å². The Balaban J connectivity index is 2.70. The first kappa shape index (κ1) is 19.5. The van der Waals surface area contributed by atoms with Crippen LogP contribution in [0.3, 0.4) is 0 Å². The van der Waals surface area contributed by atoms with E-state index in [2.05, 4.69) is 6.92 Å². The third-order valence-electron chi connectivity index (χ3n) is 4.40. The van der Waals surface area contributed by atoms with Crippen molar-refractivity contribution in [2.45, 2.75) is 70.6 Å². The second-order valence-corrected chi connectivity index (χ2v) is 6.23. The number of carboxylic acid groups (broad SMARTS) is 1. The number of hydrogen-bond donors (Lipinski definition) is 3. The second-order valence-electron chi connectivity index (χ2n) is 6.23. The Labute approximate surface area is 139 Å². The van der Waals surface area contributed by atoms with Crippen molar-refractivity contribution >= 4 is 5.97 Å². The number of benzene rings is 1. The van der Waals surface area contributed by atoms with Gasteiger partial charge < -0.3 is 15.9 Å². The summed E-state index contributed by atoms with van der Waals surface area (Å²) in [6.07, 6.45) is 10.1. The molecule has 1 aromatic rings. The fraction of sp³-hybridized carbons (Fsp3) is 0.632. The third kappa shape index (κ3) is 6.61. The summed E-state index contributed by atoms with van der Waals surface area (Å²) in [5.41, 5.74) is 6.37. The summed E-state index contributed by atoms with van der Waals surface area (Å²) in [6, 6.07) is 5.02. The number of carboxylic acids is 1. The van der Waals surface area contributed by atoms with Crippen molar-refractivity contribution in [3.05, 3.63) is 29.3 Å². The highest BCUT2D eigenvalue weighted by Crippen LogP contribution is 2.35. The number of unbranched alkanes of at least 4 members (excludes halogenated alkanes) is 5. The second kappa shape index (κ2) is 11.1. The average molecular weight is 321 g/mol. The summed E-state index contributed by atoms with van der Waals surface area (Å²) in [5, 5.41) is 19.5. The van der Waals surface area contributed by atoms with E-state index in [1.807, 2.05) is 6.07 Å². The van der Waals surface area contributed by atoms with Gasteiger partial charge in [0.2, 0.25) is 0 Å². The third-order valence-corrected chi connectivity index (χ3v) is 4.40. The monoisotopic (exact) mass is 321 g/mol. The Morgan fingerprint density at radius 1 is 1.09 bits per heavy atom. The van der Waals surface area contributed by atoms with Crippen LogP contribution in [0.4, 0.5) is 0 Å². The molecule has 0 bridgehead atoms. The molecule has 0 radical (unpaired) electrons. The van der Waals surface area contributed by atoms with Gasteiger partial charge in [-0.25, -0.2) is 4.79 Å². The lowest BCUT2D eigenvalue weighted by atomic mass is 9.87. The average Bonchev–Trinajstić information content (AvgIpc) is 2.54. The van der Waals surface area contributed by atoms with Crippen molar-refractivity contribution in [1.29, 1.82) is 0 Å². The van der Waals surface area contributed by atoms with Gasteiger partial charge in [0.25, 0.3) is 0 Å². The minimum atomic E-state index is -1.08. The Kier molecular flexibility index (Phi) is 9.37. The van der Waals surface area contributed by atoms with Crippen LogP contribution in [-0.2, 0) is 0 Å². The number of nitrogens with two attached hydrogens (primary N) is 1. The highest BCUT2D eigenvalue weighted by atomic mass is 16.4. The lowest BCUT2D eigenvalue weighted by Gasteiger charge is -2.19. The maximum Gasteiger partial charge on any atom is 0.339 e. The first-order valence-corrected chi connectivity index (χ1v) is 8.87. The van der Waals surface area contributed by atoms with Gasteiger partial charge in [-0.3, -0.25) is 0 Å². The fourth-order valence-electron chi connectivity index (χ4n) is 3.05. The minimum Gasteiger partial charge on any atom is -0.507 e. The van der Waals surface area contributed by atoms with Crippen LogP contribution in [0.2, 0.25) is 0 Å². The molecule has 0 fully saturated rings. The van der Waals surface area contributed by atoms with E-state index < -0.39 is 5.97 Å². The zero-order chi connectivity index (χ0) is 17.1. The minimum absolute atomic E-state index is 0.0109. The molecule has 4 nitrogen and oxygen atoms in total. The molecule has 4 N–H and O–H groups in total. The van der Waals surface area contributed by atoms with Crippen LogP contribution in [-0.4, -0.2) is 22.7 Å². The molecule has 1 unspecified atom stereocenters. The van der Waals surface area contributed by atoms with Crippen molar-refractivity contribution in [3.8, 4) is 5.75 Å². The summed E-state index contributed by atoms with van der Waals surface area (Å²) in [7, 11) is 0. The smallest absolute Gasteiger partial charge is 0.339 e. The van der Waals surface area contributed by atoms with Gasteiger partial charge in [-0.05, 0) is 43.4 Å². The largest absolute Gasteiger partial charge is 0.507 e.